The Morgan fingerprint density at radius 2 is 2.15 bits per heavy atom. The van der Waals surface area contributed by atoms with Crippen molar-refractivity contribution in [2.45, 2.75) is 38.3 Å². The molecule has 0 saturated carbocycles. The summed E-state index contributed by atoms with van der Waals surface area (Å²) < 4.78 is 1.37. The predicted molar refractivity (Wildman–Crippen MR) is 73.3 cm³/mol. The van der Waals surface area contributed by atoms with Crippen LogP contribution in [0.1, 0.15) is 25.7 Å². The van der Waals surface area contributed by atoms with Gasteiger partial charge >= 0.3 is 5.69 Å². The second-order valence-corrected chi connectivity index (χ2v) is 4.67. The highest BCUT2D eigenvalue weighted by molar-refractivity contribution is 5.20. The van der Waals surface area contributed by atoms with E-state index < -0.39 is 11.0 Å². The van der Waals surface area contributed by atoms with Crippen LogP contribution in [0.3, 0.4) is 0 Å². The summed E-state index contributed by atoms with van der Waals surface area (Å²) in [7, 11) is 0. The van der Waals surface area contributed by atoms with Gasteiger partial charge in [0.15, 0.2) is 0 Å². The van der Waals surface area contributed by atoms with Crippen molar-refractivity contribution >= 4 is 5.69 Å². The van der Waals surface area contributed by atoms with Crippen LogP contribution in [0, 0.1) is 10.1 Å². The standard InChI is InChI=1S/C12H22N4O4/c17-6-4-2-1-3-5-13-8-12(18)10-15-9-11(7-14-15)16(19)20/h7,9,12-13,17-18H,1-6,8,10H2. The average Bonchev–Trinajstić information content (AvgIpc) is 2.86. The van der Waals surface area contributed by atoms with E-state index in [2.05, 4.69) is 10.4 Å². The fourth-order valence-electron chi connectivity index (χ4n) is 1.81. The van der Waals surface area contributed by atoms with Crippen LogP contribution in [0.25, 0.3) is 0 Å². The summed E-state index contributed by atoms with van der Waals surface area (Å²) in [5.41, 5.74) is -0.0750. The van der Waals surface area contributed by atoms with Crippen LogP contribution in [0.2, 0.25) is 0 Å². The Labute approximate surface area is 117 Å². The molecular formula is C12H22N4O4. The number of nitro groups is 1. The quantitative estimate of drug-likeness (QED) is 0.306. The van der Waals surface area contributed by atoms with Crippen LogP contribution < -0.4 is 5.32 Å². The second-order valence-electron chi connectivity index (χ2n) is 4.67. The van der Waals surface area contributed by atoms with Crippen LogP contribution in [-0.4, -0.2) is 50.7 Å². The molecule has 1 heterocycles. The van der Waals surface area contributed by atoms with Crippen molar-refractivity contribution < 1.29 is 15.1 Å². The molecule has 1 unspecified atom stereocenters. The summed E-state index contributed by atoms with van der Waals surface area (Å²) in [6.07, 6.45) is 5.74. The van der Waals surface area contributed by atoms with Crippen LogP contribution in [0.15, 0.2) is 12.4 Å². The monoisotopic (exact) mass is 286 g/mol. The van der Waals surface area contributed by atoms with Crippen LogP contribution in [0.5, 0.6) is 0 Å². The molecule has 8 heteroatoms. The maximum absolute atomic E-state index is 10.5. The number of aromatic nitrogens is 2. The first-order valence-electron chi connectivity index (χ1n) is 6.80. The van der Waals surface area contributed by atoms with Gasteiger partial charge in [-0.1, -0.05) is 12.8 Å². The van der Waals surface area contributed by atoms with Gasteiger partial charge in [0.05, 0.1) is 17.6 Å². The summed E-state index contributed by atoms with van der Waals surface area (Å²) >= 11 is 0. The molecule has 1 rings (SSSR count). The van der Waals surface area contributed by atoms with E-state index in [9.17, 15) is 15.2 Å². The van der Waals surface area contributed by atoms with Crippen molar-refractivity contribution in [2.24, 2.45) is 0 Å². The molecule has 0 aromatic carbocycles. The smallest absolute Gasteiger partial charge is 0.306 e. The summed E-state index contributed by atoms with van der Waals surface area (Å²) in [5, 5.41) is 35.8. The Balaban J connectivity index is 2.10. The first-order valence-corrected chi connectivity index (χ1v) is 6.80. The average molecular weight is 286 g/mol. The molecule has 0 amide bonds. The van der Waals surface area contributed by atoms with E-state index in [0.29, 0.717) is 6.54 Å². The van der Waals surface area contributed by atoms with Crippen LogP contribution >= 0.6 is 0 Å². The normalized spacial score (nSPS) is 12.5. The van der Waals surface area contributed by atoms with Crippen molar-refractivity contribution in [3.63, 3.8) is 0 Å². The Morgan fingerprint density at radius 1 is 1.40 bits per heavy atom. The number of rotatable bonds is 11. The number of nitrogens with zero attached hydrogens (tertiary/aromatic N) is 3. The van der Waals surface area contributed by atoms with Gasteiger partial charge in [-0.15, -0.1) is 0 Å². The molecule has 0 aliphatic carbocycles. The number of hydrogen-bond acceptors (Lipinski definition) is 6. The van der Waals surface area contributed by atoms with E-state index in [0.717, 1.165) is 32.2 Å². The molecular weight excluding hydrogens is 264 g/mol. The predicted octanol–water partition coefficient (Wildman–Crippen LogP) is 0.294. The highest BCUT2D eigenvalue weighted by atomic mass is 16.6. The summed E-state index contributed by atoms with van der Waals surface area (Å²) in [6, 6.07) is 0. The number of unbranched alkanes of at least 4 members (excludes halogenated alkanes) is 3. The third-order valence-corrected chi connectivity index (χ3v) is 2.87. The fraction of sp³-hybridized carbons (Fsp3) is 0.750. The lowest BCUT2D eigenvalue weighted by molar-refractivity contribution is -0.385. The molecule has 0 bridgehead atoms. The largest absolute Gasteiger partial charge is 0.396 e. The zero-order valence-electron chi connectivity index (χ0n) is 11.4. The van der Waals surface area contributed by atoms with E-state index in [-0.39, 0.29) is 18.8 Å². The summed E-state index contributed by atoms with van der Waals surface area (Å²) in [6.45, 7) is 1.70. The van der Waals surface area contributed by atoms with Crippen molar-refractivity contribution in [1.29, 1.82) is 0 Å². The van der Waals surface area contributed by atoms with Gasteiger partial charge in [0, 0.05) is 13.2 Å². The Kier molecular flexibility index (Phi) is 7.78. The number of nitrogens with one attached hydrogen (secondary N) is 1. The van der Waals surface area contributed by atoms with E-state index in [4.69, 9.17) is 5.11 Å². The van der Waals surface area contributed by atoms with Crippen LogP contribution in [-0.2, 0) is 6.54 Å². The van der Waals surface area contributed by atoms with Crippen LogP contribution in [0.4, 0.5) is 5.69 Å². The zero-order chi connectivity index (χ0) is 14.8. The molecule has 0 aliphatic rings. The van der Waals surface area contributed by atoms with E-state index in [1.165, 1.54) is 17.1 Å². The van der Waals surface area contributed by atoms with Gasteiger partial charge in [-0.25, -0.2) is 0 Å². The zero-order valence-corrected chi connectivity index (χ0v) is 11.4. The number of aliphatic hydroxyl groups is 2. The molecule has 0 radical (unpaired) electrons. The molecule has 1 aromatic rings. The topological polar surface area (TPSA) is 113 Å². The fourth-order valence-corrected chi connectivity index (χ4v) is 1.81. The third-order valence-electron chi connectivity index (χ3n) is 2.87. The van der Waals surface area contributed by atoms with Gasteiger partial charge in [0.25, 0.3) is 0 Å². The first kappa shape index (κ1) is 16.5. The number of hydrogen-bond donors (Lipinski definition) is 3. The molecule has 8 nitrogen and oxygen atoms in total. The Hall–Kier alpha value is -1.51. The van der Waals surface area contributed by atoms with Crippen molar-refractivity contribution in [1.82, 2.24) is 15.1 Å². The van der Waals surface area contributed by atoms with Gasteiger partial charge in [-0.2, -0.15) is 5.10 Å². The lowest BCUT2D eigenvalue weighted by atomic mass is 10.2. The maximum atomic E-state index is 10.5. The lowest BCUT2D eigenvalue weighted by Gasteiger charge is -2.11. The SMILES string of the molecule is O=[N+]([O-])c1cnn(CC(O)CNCCCCCCO)c1. The Morgan fingerprint density at radius 3 is 2.80 bits per heavy atom. The van der Waals surface area contributed by atoms with Crippen molar-refractivity contribution in [3.05, 3.63) is 22.5 Å². The van der Waals surface area contributed by atoms with Gasteiger partial charge < -0.3 is 15.5 Å². The van der Waals surface area contributed by atoms with Gasteiger partial charge in [0.2, 0.25) is 0 Å². The molecule has 0 saturated heterocycles. The van der Waals surface area contributed by atoms with Gasteiger partial charge in [0.1, 0.15) is 12.4 Å². The van der Waals surface area contributed by atoms with Crippen molar-refractivity contribution in [3.8, 4) is 0 Å². The molecule has 0 aliphatic heterocycles. The highest BCUT2D eigenvalue weighted by Gasteiger charge is 2.11. The minimum atomic E-state index is -0.632. The van der Waals surface area contributed by atoms with E-state index >= 15 is 0 Å². The minimum absolute atomic E-state index is 0.0750. The third kappa shape index (κ3) is 6.60. The summed E-state index contributed by atoms with van der Waals surface area (Å²) in [4.78, 5) is 9.97. The van der Waals surface area contributed by atoms with E-state index in [1.807, 2.05) is 0 Å². The summed E-state index contributed by atoms with van der Waals surface area (Å²) in [5.74, 6) is 0. The minimum Gasteiger partial charge on any atom is -0.396 e. The maximum Gasteiger partial charge on any atom is 0.306 e. The Bertz CT molecular complexity index is 397. The molecule has 0 spiro atoms. The first-order chi connectivity index (χ1) is 9.63. The lowest BCUT2D eigenvalue weighted by Crippen LogP contribution is -2.31. The molecule has 1 atom stereocenters. The second kappa shape index (κ2) is 9.40. The van der Waals surface area contributed by atoms with E-state index in [1.54, 1.807) is 0 Å². The van der Waals surface area contributed by atoms with Crippen molar-refractivity contribution in [2.75, 3.05) is 19.7 Å². The molecule has 1 aromatic heterocycles. The van der Waals surface area contributed by atoms with Gasteiger partial charge in [-0.05, 0) is 19.4 Å². The molecule has 114 valence electrons. The molecule has 20 heavy (non-hydrogen) atoms. The molecule has 3 N–H and O–H groups in total. The highest BCUT2D eigenvalue weighted by Crippen LogP contribution is 2.07. The number of aliphatic hydroxyl groups excluding tert-OH is 2. The van der Waals surface area contributed by atoms with Gasteiger partial charge in [-0.3, -0.25) is 14.8 Å². The molecule has 0 fully saturated rings.